The van der Waals surface area contributed by atoms with Crippen molar-refractivity contribution in [2.24, 2.45) is 0 Å². The summed E-state index contributed by atoms with van der Waals surface area (Å²) in [5.41, 5.74) is 5.43. The highest BCUT2D eigenvalue weighted by atomic mass is 32.1. The first kappa shape index (κ1) is 23.4. The van der Waals surface area contributed by atoms with Crippen LogP contribution in [-0.4, -0.2) is 27.8 Å². The van der Waals surface area contributed by atoms with E-state index in [0.29, 0.717) is 6.54 Å². The Balaban J connectivity index is 0.000000272. The number of rotatable bonds is 2. The highest BCUT2D eigenvalue weighted by Crippen LogP contribution is 2.36. The first-order valence-corrected chi connectivity index (χ1v) is 11.3. The predicted molar refractivity (Wildman–Crippen MR) is 136 cm³/mol. The molecule has 0 radical (unpaired) electrons. The summed E-state index contributed by atoms with van der Waals surface area (Å²) in [6.45, 7) is 8.75. The summed E-state index contributed by atoms with van der Waals surface area (Å²) < 4.78 is 0. The lowest BCUT2D eigenvalue weighted by molar-refractivity contribution is 0.0816. The zero-order valence-corrected chi connectivity index (χ0v) is 19.9. The Labute approximate surface area is 198 Å². The van der Waals surface area contributed by atoms with Crippen LogP contribution in [0.25, 0.3) is 20.9 Å². The molecule has 0 fully saturated rings. The minimum atomic E-state index is 0.115. The Morgan fingerprint density at radius 1 is 0.969 bits per heavy atom. The highest BCUT2D eigenvalue weighted by molar-refractivity contribution is 7.80. The van der Waals surface area contributed by atoms with E-state index in [1.807, 2.05) is 43.7 Å². The van der Waals surface area contributed by atoms with Crippen molar-refractivity contribution in [3.05, 3.63) is 103 Å². The molecule has 0 saturated carbocycles. The molecule has 0 aliphatic carbocycles. The number of fused-ring (bicyclic) bond motifs is 1. The molecular formula is C26H25N3OS2. The molecule has 0 spiro atoms. The molecule has 0 saturated heterocycles. The van der Waals surface area contributed by atoms with E-state index in [1.165, 1.54) is 15.3 Å². The fraction of sp³-hybridized carbons (Fsp3) is 0.115. The monoisotopic (exact) mass is 459 g/mol. The predicted octanol–water partition coefficient (Wildman–Crippen LogP) is 6.54. The minimum Gasteiger partial charge on any atom is -0.337 e. The molecule has 32 heavy (non-hydrogen) atoms. The van der Waals surface area contributed by atoms with Gasteiger partial charge in [0.1, 0.15) is 0 Å². The first-order chi connectivity index (χ1) is 15.5. The number of carbonyl (C=O) groups excluding carboxylic acids is 1. The summed E-state index contributed by atoms with van der Waals surface area (Å²) in [5.74, 6) is 0.115. The number of aromatic nitrogens is 2. The molecule has 3 aromatic heterocycles. The summed E-state index contributed by atoms with van der Waals surface area (Å²) >= 11 is 5.78. The van der Waals surface area contributed by atoms with Crippen LogP contribution in [0.1, 0.15) is 21.5 Å². The van der Waals surface area contributed by atoms with Crippen molar-refractivity contribution in [3.8, 4) is 20.9 Å². The van der Waals surface area contributed by atoms with Crippen LogP contribution in [0.3, 0.4) is 0 Å². The van der Waals surface area contributed by atoms with Crippen LogP contribution in [0, 0.1) is 6.92 Å². The third-order valence-corrected chi connectivity index (χ3v) is 6.23. The van der Waals surface area contributed by atoms with Gasteiger partial charge in [0.25, 0.3) is 5.91 Å². The van der Waals surface area contributed by atoms with Gasteiger partial charge < -0.3 is 4.90 Å². The molecule has 0 bridgehead atoms. The number of hydrogen-bond acceptors (Lipinski definition) is 5. The number of aryl methyl sites for hydroxylation is 1. The van der Waals surface area contributed by atoms with Crippen molar-refractivity contribution >= 4 is 29.9 Å². The van der Waals surface area contributed by atoms with Crippen molar-refractivity contribution in [1.29, 1.82) is 0 Å². The van der Waals surface area contributed by atoms with Crippen LogP contribution in [0.5, 0.6) is 0 Å². The Morgan fingerprint density at radius 3 is 2.34 bits per heavy atom. The van der Waals surface area contributed by atoms with Crippen LogP contribution in [0.4, 0.5) is 0 Å². The molecule has 1 aliphatic heterocycles. The summed E-state index contributed by atoms with van der Waals surface area (Å²) in [6.07, 6.45) is 7.19. The van der Waals surface area contributed by atoms with Crippen molar-refractivity contribution in [2.45, 2.75) is 18.4 Å². The van der Waals surface area contributed by atoms with Gasteiger partial charge in [-0.3, -0.25) is 14.8 Å². The molecule has 6 heteroatoms. The van der Waals surface area contributed by atoms with Crippen molar-refractivity contribution in [1.82, 2.24) is 14.9 Å². The number of amides is 1. The van der Waals surface area contributed by atoms with Gasteiger partial charge in [-0.15, -0.1) is 37.1 Å². The van der Waals surface area contributed by atoms with Gasteiger partial charge in [0.05, 0.1) is 0 Å². The van der Waals surface area contributed by atoms with E-state index >= 15 is 0 Å². The number of carbonyl (C=O) groups is 1. The van der Waals surface area contributed by atoms with E-state index in [2.05, 4.69) is 66.9 Å². The quantitative estimate of drug-likeness (QED) is 0.273. The average Bonchev–Trinajstić information content (AvgIpc) is 3.41. The highest BCUT2D eigenvalue weighted by Gasteiger charge is 2.24. The lowest BCUT2D eigenvalue weighted by atomic mass is 10.1. The molecule has 4 nitrogen and oxygen atoms in total. The summed E-state index contributed by atoms with van der Waals surface area (Å²) in [6, 6.07) is 16.3. The molecule has 0 N–H and O–H groups in total. The molecule has 4 heterocycles. The fourth-order valence-electron chi connectivity index (χ4n) is 3.31. The number of thiol groups is 1. The first-order valence-electron chi connectivity index (χ1n) is 10.0. The van der Waals surface area contributed by atoms with E-state index in [-0.39, 0.29) is 5.91 Å². The van der Waals surface area contributed by atoms with Crippen LogP contribution in [0.15, 0.2) is 91.4 Å². The van der Waals surface area contributed by atoms with Gasteiger partial charge in [-0.25, -0.2) is 0 Å². The Morgan fingerprint density at radius 2 is 1.72 bits per heavy atom. The lowest BCUT2D eigenvalue weighted by Crippen LogP contribution is -2.17. The van der Waals surface area contributed by atoms with E-state index in [1.54, 1.807) is 28.6 Å². The molecule has 4 aromatic rings. The third kappa shape index (κ3) is 5.52. The van der Waals surface area contributed by atoms with E-state index in [9.17, 15) is 4.79 Å². The third-order valence-electron chi connectivity index (χ3n) is 4.79. The van der Waals surface area contributed by atoms with Gasteiger partial charge in [-0.1, -0.05) is 6.07 Å². The van der Waals surface area contributed by atoms with Crippen LogP contribution >= 0.6 is 24.0 Å². The molecule has 1 aliphatic rings. The number of hydrogen-bond donors (Lipinski definition) is 1. The van der Waals surface area contributed by atoms with Crippen LogP contribution in [-0.2, 0) is 6.54 Å². The molecule has 1 amide bonds. The molecule has 0 unspecified atom stereocenters. The second kappa shape index (κ2) is 10.9. The van der Waals surface area contributed by atoms with E-state index < -0.39 is 0 Å². The molecule has 0 atom stereocenters. The maximum absolute atomic E-state index is 12.0. The fourth-order valence-corrected chi connectivity index (χ4v) is 4.45. The second-order valence-electron chi connectivity index (χ2n) is 7.16. The van der Waals surface area contributed by atoms with Gasteiger partial charge in [0.15, 0.2) is 0 Å². The maximum atomic E-state index is 12.0. The minimum absolute atomic E-state index is 0.115. The van der Waals surface area contributed by atoms with E-state index in [4.69, 9.17) is 0 Å². The normalized spacial score (nSPS) is 11.7. The zero-order chi connectivity index (χ0) is 23.1. The Kier molecular flexibility index (Phi) is 7.98. The van der Waals surface area contributed by atoms with Crippen LogP contribution < -0.4 is 0 Å². The van der Waals surface area contributed by atoms with Gasteiger partial charge in [0, 0.05) is 64.2 Å². The summed E-state index contributed by atoms with van der Waals surface area (Å²) in [7, 11) is 1.84. The SMILES string of the molecule is C=C.Cc1cncc(-c2ccc(-c3ccc4c(c3)CN(C)C4=O)s2)c1.Sc1cccnc1. The number of thiophene rings is 1. The van der Waals surface area contributed by atoms with E-state index in [0.717, 1.165) is 27.1 Å². The van der Waals surface area contributed by atoms with Gasteiger partial charge >= 0.3 is 0 Å². The smallest absolute Gasteiger partial charge is 0.254 e. The Bertz CT molecular complexity index is 1200. The van der Waals surface area contributed by atoms with Crippen molar-refractivity contribution < 1.29 is 4.79 Å². The number of benzene rings is 1. The average molecular weight is 460 g/mol. The molecule has 5 rings (SSSR count). The summed E-state index contributed by atoms with van der Waals surface area (Å²) in [5, 5.41) is 0. The Hall–Kier alpha value is -3.22. The standard InChI is InChI=1S/C19H16N2OS.C5H5NS.C2H4/c1-12-7-14(10-20-9-12)18-6-5-17(23-18)13-3-4-16-15(8-13)11-21(2)19(16)22;7-5-2-1-3-6-4-5;1-2/h3-10H,11H2,1-2H3;1-4,7H;1-2H2. The molecular weight excluding hydrogens is 434 g/mol. The molecule has 162 valence electrons. The molecule has 1 aromatic carbocycles. The largest absolute Gasteiger partial charge is 0.337 e. The lowest BCUT2D eigenvalue weighted by Gasteiger charge is -2.04. The maximum Gasteiger partial charge on any atom is 0.254 e. The van der Waals surface area contributed by atoms with Gasteiger partial charge in [-0.05, 0) is 66.1 Å². The number of pyridine rings is 2. The topological polar surface area (TPSA) is 46.1 Å². The van der Waals surface area contributed by atoms with Crippen molar-refractivity contribution in [3.63, 3.8) is 0 Å². The van der Waals surface area contributed by atoms with Gasteiger partial charge in [-0.2, -0.15) is 0 Å². The summed E-state index contributed by atoms with van der Waals surface area (Å²) in [4.78, 5) is 25.2. The van der Waals surface area contributed by atoms with Crippen LogP contribution in [0.2, 0.25) is 0 Å². The van der Waals surface area contributed by atoms with Gasteiger partial charge in [0.2, 0.25) is 0 Å². The van der Waals surface area contributed by atoms with Crippen molar-refractivity contribution in [2.75, 3.05) is 7.05 Å². The second-order valence-corrected chi connectivity index (χ2v) is 8.76. The zero-order valence-electron chi connectivity index (χ0n) is 18.2. The number of nitrogens with zero attached hydrogens (tertiary/aromatic N) is 3.